The average Bonchev–Trinajstić information content (AvgIpc) is 2.78. The first-order valence-corrected chi connectivity index (χ1v) is 6.12. The summed E-state index contributed by atoms with van der Waals surface area (Å²) in [5.74, 6) is -1.34. The van der Waals surface area contributed by atoms with Crippen molar-refractivity contribution in [2.45, 2.75) is 32.4 Å². The highest BCUT2D eigenvalue weighted by atomic mass is 19.2. The standard InChI is InChI=1S/C14H16F2N2O/c1-3-18-8-7-17-12(18)9-14(2,19)10-5-4-6-11(15)13(10)16/h4-8,19H,3,9H2,1-2H3. The van der Waals surface area contributed by atoms with E-state index in [4.69, 9.17) is 0 Å². The summed E-state index contributed by atoms with van der Waals surface area (Å²) in [6.45, 7) is 4.11. The van der Waals surface area contributed by atoms with Gasteiger partial charge in [0.25, 0.3) is 0 Å². The summed E-state index contributed by atoms with van der Waals surface area (Å²) >= 11 is 0. The van der Waals surface area contributed by atoms with Gasteiger partial charge in [-0.15, -0.1) is 0 Å². The first-order chi connectivity index (χ1) is 8.95. The molecule has 0 radical (unpaired) electrons. The van der Waals surface area contributed by atoms with Gasteiger partial charge in [-0.05, 0) is 19.9 Å². The molecule has 1 heterocycles. The third-order valence-electron chi connectivity index (χ3n) is 3.18. The Kier molecular flexibility index (Phi) is 3.66. The van der Waals surface area contributed by atoms with Crippen LogP contribution in [-0.4, -0.2) is 14.7 Å². The molecular weight excluding hydrogens is 250 g/mol. The van der Waals surface area contributed by atoms with Crippen LogP contribution in [0.4, 0.5) is 8.78 Å². The summed E-state index contributed by atoms with van der Waals surface area (Å²) in [6.07, 6.45) is 3.53. The number of benzene rings is 1. The van der Waals surface area contributed by atoms with Crippen molar-refractivity contribution in [1.29, 1.82) is 0 Å². The number of hydrogen-bond acceptors (Lipinski definition) is 2. The maximum absolute atomic E-state index is 13.7. The second kappa shape index (κ2) is 5.09. The van der Waals surface area contributed by atoms with E-state index >= 15 is 0 Å². The third kappa shape index (κ3) is 2.66. The van der Waals surface area contributed by atoms with Gasteiger partial charge in [-0.2, -0.15) is 0 Å². The van der Waals surface area contributed by atoms with Crippen LogP contribution in [0.15, 0.2) is 30.6 Å². The van der Waals surface area contributed by atoms with Gasteiger partial charge in [-0.1, -0.05) is 12.1 Å². The molecule has 1 N–H and O–H groups in total. The van der Waals surface area contributed by atoms with Crippen LogP contribution < -0.4 is 0 Å². The van der Waals surface area contributed by atoms with Gasteiger partial charge in [0.2, 0.25) is 0 Å². The number of imidazole rings is 1. The van der Waals surface area contributed by atoms with Crippen LogP contribution in [0.25, 0.3) is 0 Å². The lowest BCUT2D eigenvalue weighted by Gasteiger charge is -2.24. The highest BCUT2D eigenvalue weighted by Gasteiger charge is 2.29. The zero-order chi connectivity index (χ0) is 14.0. The SMILES string of the molecule is CCn1ccnc1CC(C)(O)c1cccc(F)c1F. The van der Waals surface area contributed by atoms with Crippen LogP contribution in [-0.2, 0) is 18.6 Å². The van der Waals surface area contributed by atoms with Crippen molar-refractivity contribution in [3.05, 3.63) is 53.6 Å². The fraction of sp³-hybridized carbons (Fsp3) is 0.357. The molecule has 0 aliphatic carbocycles. The summed E-state index contributed by atoms with van der Waals surface area (Å²) in [5, 5.41) is 10.4. The number of hydrogen-bond donors (Lipinski definition) is 1. The Balaban J connectivity index is 2.35. The minimum atomic E-state index is -1.51. The molecule has 0 saturated carbocycles. The second-order valence-electron chi connectivity index (χ2n) is 4.68. The molecule has 2 aromatic rings. The van der Waals surface area contributed by atoms with Crippen molar-refractivity contribution in [2.75, 3.05) is 0 Å². The van der Waals surface area contributed by atoms with Gasteiger partial charge in [0.1, 0.15) is 5.82 Å². The number of rotatable bonds is 4. The molecule has 1 aromatic carbocycles. The predicted molar refractivity (Wildman–Crippen MR) is 67.5 cm³/mol. The molecule has 0 bridgehead atoms. The van der Waals surface area contributed by atoms with E-state index in [2.05, 4.69) is 4.98 Å². The van der Waals surface area contributed by atoms with Gasteiger partial charge in [0.05, 0.1) is 5.60 Å². The largest absolute Gasteiger partial charge is 0.385 e. The maximum atomic E-state index is 13.7. The lowest BCUT2D eigenvalue weighted by atomic mass is 9.91. The minimum Gasteiger partial charge on any atom is -0.385 e. The van der Waals surface area contributed by atoms with E-state index in [1.807, 2.05) is 11.5 Å². The molecule has 0 spiro atoms. The summed E-state index contributed by atoms with van der Waals surface area (Å²) in [4.78, 5) is 4.14. The molecule has 0 saturated heterocycles. The predicted octanol–water partition coefficient (Wildman–Crippen LogP) is 2.63. The van der Waals surface area contributed by atoms with E-state index < -0.39 is 17.2 Å². The molecule has 1 unspecified atom stereocenters. The maximum Gasteiger partial charge on any atom is 0.164 e. The lowest BCUT2D eigenvalue weighted by molar-refractivity contribution is 0.0501. The average molecular weight is 266 g/mol. The number of halogens is 2. The van der Waals surface area contributed by atoms with Gasteiger partial charge < -0.3 is 9.67 Å². The smallest absolute Gasteiger partial charge is 0.164 e. The zero-order valence-corrected chi connectivity index (χ0v) is 10.9. The van der Waals surface area contributed by atoms with E-state index in [0.717, 1.165) is 6.07 Å². The summed E-state index contributed by atoms with van der Waals surface area (Å²) < 4.78 is 28.8. The van der Waals surface area contributed by atoms with Crippen LogP contribution in [0, 0.1) is 11.6 Å². The Bertz CT molecular complexity index is 579. The highest BCUT2D eigenvalue weighted by molar-refractivity contribution is 5.26. The van der Waals surface area contributed by atoms with Crippen molar-refractivity contribution in [1.82, 2.24) is 9.55 Å². The topological polar surface area (TPSA) is 38.0 Å². The molecular formula is C14H16F2N2O. The molecule has 1 aromatic heterocycles. The lowest BCUT2D eigenvalue weighted by Crippen LogP contribution is -2.27. The second-order valence-corrected chi connectivity index (χ2v) is 4.68. The van der Waals surface area contributed by atoms with Gasteiger partial charge >= 0.3 is 0 Å². The Labute approximate surface area is 110 Å². The summed E-state index contributed by atoms with van der Waals surface area (Å²) in [7, 11) is 0. The number of aryl methyl sites for hydroxylation is 1. The first kappa shape index (κ1) is 13.7. The molecule has 0 aliphatic rings. The summed E-state index contributed by atoms with van der Waals surface area (Å²) in [5.41, 5.74) is -1.57. The molecule has 5 heteroatoms. The van der Waals surface area contributed by atoms with Crippen molar-refractivity contribution in [2.24, 2.45) is 0 Å². The molecule has 0 aliphatic heterocycles. The normalized spacial score (nSPS) is 14.4. The van der Waals surface area contributed by atoms with Crippen molar-refractivity contribution in [3.63, 3.8) is 0 Å². The molecule has 19 heavy (non-hydrogen) atoms. The molecule has 3 nitrogen and oxygen atoms in total. The van der Waals surface area contributed by atoms with E-state index in [0.29, 0.717) is 12.4 Å². The Morgan fingerprint density at radius 2 is 2.11 bits per heavy atom. The fourth-order valence-electron chi connectivity index (χ4n) is 2.12. The van der Waals surface area contributed by atoms with Gasteiger partial charge in [-0.25, -0.2) is 13.8 Å². The Morgan fingerprint density at radius 3 is 2.79 bits per heavy atom. The minimum absolute atomic E-state index is 0.0573. The van der Waals surface area contributed by atoms with E-state index in [1.54, 1.807) is 12.4 Å². The monoisotopic (exact) mass is 266 g/mol. The van der Waals surface area contributed by atoms with Crippen LogP contribution in [0.3, 0.4) is 0 Å². The quantitative estimate of drug-likeness (QED) is 0.923. The number of aromatic nitrogens is 2. The molecule has 102 valence electrons. The van der Waals surface area contributed by atoms with E-state index in [1.165, 1.54) is 19.1 Å². The van der Waals surface area contributed by atoms with Gasteiger partial charge in [0.15, 0.2) is 11.6 Å². The molecule has 2 rings (SSSR count). The first-order valence-electron chi connectivity index (χ1n) is 6.12. The van der Waals surface area contributed by atoms with E-state index in [-0.39, 0.29) is 12.0 Å². The highest BCUT2D eigenvalue weighted by Crippen LogP contribution is 2.28. The fourth-order valence-corrected chi connectivity index (χ4v) is 2.12. The number of aliphatic hydroxyl groups is 1. The third-order valence-corrected chi connectivity index (χ3v) is 3.18. The van der Waals surface area contributed by atoms with Gasteiger partial charge in [-0.3, -0.25) is 0 Å². The van der Waals surface area contributed by atoms with Crippen LogP contribution in [0.2, 0.25) is 0 Å². The van der Waals surface area contributed by atoms with Crippen LogP contribution in [0.1, 0.15) is 25.2 Å². The zero-order valence-electron chi connectivity index (χ0n) is 10.9. The van der Waals surface area contributed by atoms with Crippen molar-refractivity contribution < 1.29 is 13.9 Å². The van der Waals surface area contributed by atoms with Crippen LogP contribution in [0.5, 0.6) is 0 Å². The Morgan fingerprint density at radius 1 is 1.37 bits per heavy atom. The summed E-state index contributed by atoms with van der Waals surface area (Å²) in [6, 6.07) is 3.80. The molecule has 1 atom stereocenters. The van der Waals surface area contributed by atoms with Crippen molar-refractivity contribution >= 4 is 0 Å². The van der Waals surface area contributed by atoms with Crippen LogP contribution >= 0.6 is 0 Å². The van der Waals surface area contributed by atoms with E-state index in [9.17, 15) is 13.9 Å². The van der Waals surface area contributed by atoms with Gasteiger partial charge in [0, 0.05) is 30.9 Å². The molecule has 0 amide bonds. The van der Waals surface area contributed by atoms with Crippen molar-refractivity contribution in [3.8, 4) is 0 Å². The Hall–Kier alpha value is -1.75. The molecule has 0 fully saturated rings. The number of nitrogens with zero attached hydrogens (tertiary/aromatic N) is 2.